The summed E-state index contributed by atoms with van der Waals surface area (Å²) < 4.78 is 55.3. The Morgan fingerprint density at radius 1 is 1.00 bits per heavy atom. The van der Waals surface area contributed by atoms with Crippen LogP contribution in [0.25, 0.3) is 0 Å². The first kappa shape index (κ1) is 14.0. The van der Waals surface area contributed by atoms with Gasteiger partial charge in [-0.1, -0.05) is 18.2 Å². The summed E-state index contributed by atoms with van der Waals surface area (Å²) in [4.78, 5) is 12.0. The van der Waals surface area contributed by atoms with Crippen molar-refractivity contribution in [2.24, 2.45) is 0 Å². The molecule has 0 aliphatic heterocycles. The van der Waals surface area contributed by atoms with Crippen molar-refractivity contribution < 1.29 is 27.1 Å². The highest BCUT2D eigenvalue weighted by Gasteiger charge is 2.19. The van der Waals surface area contributed by atoms with Gasteiger partial charge in [0.2, 0.25) is 0 Å². The maximum atomic E-state index is 13.5. The Bertz CT molecular complexity index is 621. The molecule has 2 nitrogen and oxygen atoms in total. The number of alkyl halides is 2. The van der Waals surface area contributed by atoms with E-state index in [-0.39, 0.29) is 11.3 Å². The van der Waals surface area contributed by atoms with Gasteiger partial charge >= 0.3 is 6.61 Å². The molecule has 0 radical (unpaired) electrons. The lowest BCUT2D eigenvalue weighted by molar-refractivity contribution is -0.0498. The Morgan fingerprint density at radius 3 is 2.20 bits per heavy atom. The summed E-state index contributed by atoms with van der Waals surface area (Å²) in [5, 5.41) is 0. The second-order valence-electron chi connectivity index (χ2n) is 3.83. The van der Waals surface area contributed by atoms with Crippen LogP contribution in [0.3, 0.4) is 0 Å². The Morgan fingerprint density at radius 2 is 1.60 bits per heavy atom. The summed E-state index contributed by atoms with van der Waals surface area (Å²) in [6.45, 7) is -3.05. The molecule has 0 heterocycles. The molecule has 0 atom stereocenters. The fourth-order valence-electron chi connectivity index (χ4n) is 1.67. The van der Waals surface area contributed by atoms with Gasteiger partial charge in [-0.2, -0.15) is 8.78 Å². The quantitative estimate of drug-likeness (QED) is 0.630. The van der Waals surface area contributed by atoms with Gasteiger partial charge < -0.3 is 4.74 Å². The van der Waals surface area contributed by atoms with Gasteiger partial charge in [-0.25, -0.2) is 8.78 Å². The second-order valence-corrected chi connectivity index (χ2v) is 3.83. The number of ketones is 1. The largest absolute Gasteiger partial charge is 0.435 e. The Hall–Kier alpha value is -2.37. The molecule has 0 saturated heterocycles. The Kier molecular flexibility index (Phi) is 4.02. The van der Waals surface area contributed by atoms with Crippen LogP contribution in [0.5, 0.6) is 5.75 Å². The monoisotopic (exact) mass is 284 g/mol. The molecular weight excluding hydrogens is 276 g/mol. The van der Waals surface area contributed by atoms with Crippen molar-refractivity contribution >= 4 is 5.78 Å². The molecule has 104 valence electrons. The SMILES string of the molecule is O=C(c1cccc(OC(F)F)c1)c1c(F)cccc1F. The number of rotatable bonds is 4. The molecule has 0 saturated carbocycles. The van der Waals surface area contributed by atoms with Crippen LogP contribution in [0.1, 0.15) is 15.9 Å². The van der Waals surface area contributed by atoms with Gasteiger partial charge in [0.15, 0.2) is 5.78 Å². The number of ether oxygens (including phenoxy) is 1. The lowest BCUT2D eigenvalue weighted by Gasteiger charge is -2.07. The smallest absolute Gasteiger partial charge is 0.387 e. The molecule has 0 amide bonds. The third-order valence-corrected chi connectivity index (χ3v) is 2.51. The van der Waals surface area contributed by atoms with Gasteiger partial charge in [0.05, 0.1) is 5.56 Å². The summed E-state index contributed by atoms with van der Waals surface area (Å²) >= 11 is 0. The topological polar surface area (TPSA) is 26.3 Å². The van der Waals surface area contributed by atoms with Gasteiger partial charge in [-0.3, -0.25) is 4.79 Å². The van der Waals surface area contributed by atoms with E-state index in [1.807, 2.05) is 0 Å². The minimum atomic E-state index is -3.05. The van der Waals surface area contributed by atoms with Gasteiger partial charge in [0, 0.05) is 5.56 Å². The Balaban J connectivity index is 2.39. The van der Waals surface area contributed by atoms with Crippen LogP contribution < -0.4 is 4.74 Å². The van der Waals surface area contributed by atoms with E-state index < -0.39 is 29.6 Å². The predicted octanol–water partition coefficient (Wildman–Crippen LogP) is 3.80. The number of halogens is 4. The fraction of sp³-hybridized carbons (Fsp3) is 0.0714. The first-order chi connectivity index (χ1) is 9.49. The molecule has 0 unspecified atom stereocenters. The maximum absolute atomic E-state index is 13.5. The molecular formula is C14H8F4O2. The van der Waals surface area contributed by atoms with Crippen molar-refractivity contribution in [3.05, 3.63) is 65.2 Å². The van der Waals surface area contributed by atoms with Crippen molar-refractivity contribution in [2.75, 3.05) is 0 Å². The second kappa shape index (κ2) is 5.73. The van der Waals surface area contributed by atoms with Crippen molar-refractivity contribution in [1.82, 2.24) is 0 Å². The summed E-state index contributed by atoms with van der Waals surface area (Å²) in [5.41, 5.74) is -0.881. The average molecular weight is 284 g/mol. The normalized spacial score (nSPS) is 10.7. The van der Waals surface area contributed by atoms with E-state index in [4.69, 9.17) is 0 Å². The van der Waals surface area contributed by atoms with E-state index in [2.05, 4.69) is 4.74 Å². The predicted molar refractivity (Wildman–Crippen MR) is 62.9 cm³/mol. The van der Waals surface area contributed by atoms with Crippen molar-refractivity contribution in [2.45, 2.75) is 6.61 Å². The van der Waals surface area contributed by atoms with Crippen LogP contribution in [0, 0.1) is 11.6 Å². The first-order valence-corrected chi connectivity index (χ1v) is 5.52. The van der Waals surface area contributed by atoms with Crippen molar-refractivity contribution in [1.29, 1.82) is 0 Å². The summed E-state index contributed by atoms with van der Waals surface area (Å²) in [6.07, 6.45) is 0. The van der Waals surface area contributed by atoms with E-state index >= 15 is 0 Å². The fourth-order valence-corrected chi connectivity index (χ4v) is 1.67. The highest BCUT2D eigenvalue weighted by Crippen LogP contribution is 2.21. The summed E-state index contributed by atoms with van der Waals surface area (Å²) in [7, 11) is 0. The van der Waals surface area contributed by atoms with Crippen LogP contribution in [-0.2, 0) is 0 Å². The highest BCUT2D eigenvalue weighted by molar-refractivity contribution is 6.09. The molecule has 0 N–H and O–H groups in total. The zero-order chi connectivity index (χ0) is 14.7. The lowest BCUT2D eigenvalue weighted by Crippen LogP contribution is -2.08. The van der Waals surface area contributed by atoms with Crippen LogP contribution in [0.4, 0.5) is 17.6 Å². The summed E-state index contributed by atoms with van der Waals surface area (Å²) in [5.74, 6) is -3.24. The lowest BCUT2D eigenvalue weighted by atomic mass is 10.0. The highest BCUT2D eigenvalue weighted by atomic mass is 19.3. The van der Waals surface area contributed by atoms with Crippen molar-refractivity contribution in [3.8, 4) is 5.75 Å². The number of carbonyl (C=O) groups is 1. The molecule has 2 rings (SSSR count). The minimum absolute atomic E-state index is 0.146. The molecule has 0 spiro atoms. The molecule has 2 aromatic carbocycles. The van der Waals surface area contributed by atoms with Crippen LogP contribution in [-0.4, -0.2) is 12.4 Å². The standard InChI is InChI=1S/C14H8F4O2/c15-10-5-2-6-11(16)12(10)13(19)8-3-1-4-9(7-8)20-14(17)18/h1-7,14H. The van der Waals surface area contributed by atoms with E-state index in [1.165, 1.54) is 18.2 Å². The van der Waals surface area contributed by atoms with Gasteiger partial charge in [-0.05, 0) is 24.3 Å². The first-order valence-electron chi connectivity index (χ1n) is 5.52. The number of benzene rings is 2. The third-order valence-electron chi connectivity index (χ3n) is 2.51. The zero-order valence-corrected chi connectivity index (χ0v) is 9.95. The molecule has 0 fully saturated rings. The molecule has 0 aliphatic carbocycles. The third kappa shape index (κ3) is 2.96. The van der Waals surface area contributed by atoms with Crippen LogP contribution in [0.2, 0.25) is 0 Å². The van der Waals surface area contributed by atoms with E-state index in [9.17, 15) is 22.4 Å². The minimum Gasteiger partial charge on any atom is -0.435 e. The molecule has 0 aliphatic rings. The van der Waals surface area contributed by atoms with Gasteiger partial charge in [-0.15, -0.1) is 0 Å². The molecule has 6 heteroatoms. The van der Waals surface area contributed by atoms with E-state index in [0.717, 1.165) is 24.3 Å². The van der Waals surface area contributed by atoms with E-state index in [0.29, 0.717) is 0 Å². The van der Waals surface area contributed by atoms with Crippen LogP contribution >= 0.6 is 0 Å². The van der Waals surface area contributed by atoms with Crippen molar-refractivity contribution in [3.63, 3.8) is 0 Å². The number of carbonyl (C=O) groups excluding carboxylic acids is 1. The maximum Gasteiger partial charge on any atom is 0.387 e. The van der Waals surface area contributed by atoms with Gasteiger partial charge in [0.1, 0.15) is 17.4 Å². The Labute approximate surface area is 111 Å². The zero-order valence-electron chi connectivity index (χ0n) is 9.95. The average Bonchev–Trinajstić information content (AvgIpc) is 2.38. The summed E-state index contributed by atoms with van der Waals surface area (Å²) in [6, 6.07) is 7.75. The number of hydrogen-bond acceptors (Lipinski definition) is 2. The van der Waals surface area contributed by atoms with Crippen LogP contribution in [0.15, 0.2) is 42.5 Å². The van der Waals surface area contributed by atoms with E-state index in [1.54, 1.807) is 0 Å². The molecule has 0 aromatic heterocycles. The number of hydrogen-bond donors (Lipinski definition) is 0. The molecule has 20 heavy (non-hydrogen) atoms. The molecule has 2 aromatic rings. The molecule has 0 bridgehead atoms. The van der Waals surface area contributed by atoms with Gasteiger partial charge in [0.25, 0.3) is 0 Å².